The Morgan fingerprint density at radius 2 is 1.80 bits per heavy atom. The van der Waals surface area contributed by atoms with Crippen LogP contribution in [0.1, 0.15) is 58.8 Å². The van der Waals surface area contributed by atoms with Crippen LogP contribution in [0.2, 0.25) is 0 Å². The lowest BCUT2D eigenvalue weighted by Gasteiger charge is -2.17. The molecule has 4 heteroatoms. The first-order chi connectivity index (χ1) is 9.74. The highest BCUT2D eigenvalue weighted by molar-refractivity contribution is 5.46. The Morgan fingerprint density at radius 3 is 2.50 bits per heavy atom. The van der Waals surface area contributed by atoms with Gasteiger partial charge in [-0.05, 0) is 25.2 Å². The van der Waals surface area contributed by atoms with Crippen LogP contribution in [0.5, 0.6) is 0 Å². The van der Waals surface area contributed by atoms with Gasteiger partial charge in [0.2, 0.25) is 0 Å². The van der Waals surface area contributed by atoms with Gasteiger partial charge in [0.15, 0.2) is 0 Å². The van der Waals surface area contributed by atoms with E-state index < -0.39 is 0 Å². The topological polar surface area (TPSA) is 49.8 Å². The average molecular weight is 276 g/mol. The van der Waals surface area contributed by atoms with Crippen LogP contribution in [0.15, 0.2) is 12.4 Å². The molecule has 1 fully saturated rings. The number of hydrogen-bond acceptors (Lipinski definition) is 4. The largest absolute Gasteiger partial charge is 0.370 e. The quantitative estimate of drug-likeness (QED) is 0.769. The van der Waals surface area contributed by atoms with E-state index in [4.69, 9.17) is 0 Å². The van der Waals surface area contributed by atoms with Gasteiger partial charge in [-0.25, -0.2) is 9.97 Å². The lowest BCUT2D eigenvalue weighted by atomic mass is 10.1. The SMILES string of the molecule is CC(C)CCNc1cc(NC2CCCCCC2)ncn1. The van der Waals surface area contributed by atoms with Crippen LogP contribution in [0, 0.1) is 5.92 Å². The van der Waals surface area contributed by atoms with Gasteiger partial charge in [-0.1, -0.05) is 39.5 Å². The molecule has 4 nitrogen and oxygen atoms in total. The Labute approximate surface area is 122 Å². The maximum absolute atomic E-state index is 4.35. The van der Waals surface area contributed by atoms with Crippen LogP contribution in [-0.4, -0.2) is 22.6 Å². The molecule has 0 atom stereocenters. The fourth-order valence-corrected chi connectivity index (χ4v) is 2.65. The molecule has 0 aliphatic heterocycles. The third-order valence-electron chi connectivity index (χ3n) is 3.90. The molecule has 1 saturated carbocycles. The fraction of sp³-hybridized carbons (Fsp3) is 0.750. The van der Waals surface area contributed by atoms with Gasteiger partial charge in [-0.15, -0.1) is 0 Å². The molecule has 0 radical (unpaired) electrons. The number of hydrogen-bond donors (Lipinski definition) is 2. The maximum atomic E-state index is 4.35. The van der Waals surface area contributed by atoms with Crippen molar-refractivity contribution in [2.24, 2.45) is 5.92 Å². The minimum Gasteiger partial charge on any atom is -0.370 e. The monoisotopic (exact) mass is 276 g/mol. The highest BCUT2D eigenvalue weighted by Gasteiger charge is 2.12. The van der Waals surface area contributed by atoms with E-state index in [0.29, 0.717) is 12.0 Å². The van der Waals surface area contributed by atoms with Crippen LogP contribution >= 0.6 is 0 Å². The van der Waals surface area contributed by atoms with Gasteiger partial charge < -0.3 is 10.6 Å². The molecule has 0 saturated heterocycles. The van der Waals surface area contributed by atoms with E-state index in [1.807, 2.05) is 6.07 Å². The van der Waals surface area contributed by atoms with Gasteiger partial charge in [-0.2, -0.15) is 0 Å². The van der Waals surface area contributed by atoms with Crippen LogP contribution in [-0.2, 0) is 0 Å². The first-order valence-corrected chi connectivity index (χ1v) is 8.06. The van der Waals surface area contributed by atoms with Crippen molar-refractivity contribution >= 4 is 11.6 Å². The molecule has 2 rings (SSSR count). The minimum absolute atomic E-state index is 0.580. The molecule has 1 heterocycles. The second kappa shape index (κ2) is 8.08. The summed E-state index contributed by atoms with van der Waals surface area (Å²) in [6.45, 7) is 5.44. The average Bonchev–Trinajstić information content (AvgIpc) is 2.67. The summed E-state index contributed by atoms with van der Waals surface area (Å²) in [5.41, 5.74) is 0. The number of nitrogens with one attached hydrogen (secondary N) is 2. The zero-order valence-corrected chi connectivity index (χ0v) is 12.9. The molecule has 1 aromatic rings. The maximum Gasteiger partial charge on any atom is 0.131 e. The first-order valence-electron chi connectivity index (χ1n) is 8.06. The van der Waals surface area contributed by atoms with Gasteiger partial charge in [0, 0.05) is 18.7 Å². The smallest absolute Gasteiger partial charge is 0.131 e. The Kier molecular flexibility index (Phi) is 6.09. The number of nitrogens with zero attached hydrogens (tertiary/aromatic N) is 2. The predicted octanol–water partition coefficient (Wildman–Crippen LogP) is 4.07. The minimum atomic E-state index is 0.580. The molecule has 0 unspecified atom stereocenters. The van der Waals surface area contributed by atoms with Gasteiger partial charge in [0.25, 0.3) is 0 Å². The van der Waals surface area contributed by atoms with Crippen molar-refractivity contribution < 1.29 is 0 Å². The molecule has 112 valence electrons. The standard InChI is InChI=1S/C16H28N4/c1-13(2)9-10-17-15-11-16(19-12-18-15)20-14-7-5-3-4-6-8-14/h11-14H,3-10H2,1-2H3,(H2,17,18,19,20). The van der Waals surface area contributed by atoms with Crippen molar-refractivity contribution in [2.75, 3.05) is 17.2 Å². The van der Waals surface area contributed by atoms with Crippen molar-refractivity contribution in [1.82, 2.24) is 9.97 Å². The van der Waals surface area contributed by atoms with Crippen molar-refractivity contribution in [3.8, 4) is 0 Å². The van der Waals surface area contributed by atoms with Crippen molar-refractivity contribution in [1.29, 1.82) is 0 Å². The van der Waals surface area contributed by atoms with E-state index >= 15 is 0 Å². The second-order valence-electron chi connectivity index (χ2n) is 6.23. The second-order valence-corrected chi connectivity index (χ2v) is 6.23. The van der Waals surface area contributed by atoms with E-state index in [9.17, 15) is 0 Å². The molecule has 1 aliphatic rings. The van der Waals surface area contributed by atoms with E-state index in [0.717, 1.165) is 24.6 Å². The lowest BCUT2D eigenvalue weighted by Crippen LogP contribution is -2.19. The van der Waals surface area contributed by atoms with Crippen LogP contribution in [0.3, 0.4) is 0 Å². The summed E-state index contributed by atoms with van der Waals surface area (Å²) in [6.07, 6.45) is 10.8. The van der Waals surface area contributed by atoms with Gasteiger partial charge in [0.05, 0.1) is 0 Å². The summed E-state index contributed by atoms with van der Waals surface area (Å²) in [7, 11) is 0. The molecule has 20 heavy (non-hydrogen) atoms. The summed E-state index contributed by atoms with van der Waals surface area (Å²) < 4.78 is 0. The van der Waals surface area contributed by atoms with Gasteiger partial charge in [-0.3, -0.25) is 0 Å². The van der Waals surface area contributed by atoms with Crippen molar-refractivity contribution in [3.63, 3.8) is 0 Å². The molecule has 0 spiro atoms. The molecule has 1 aromatic heterocycles. The van der Waals surface area contributed by atoms with E-state index in [1.165, 1.54) is 38.5 Å². The van der Waals surface area contributed by atoms with Gasteiger partial charge in [0.1, 0.15) is 18.0 Å². The van der Waals surface area contributed by atoms with E-state index in [1.54, 1.807) is 6.33 Å². The Bertz CT molecular complexity index is 384. The molecule has 2 N–H and O–H groups in total. The molecular formula is C16H28N4. The Morgan fingerprint density at radius 1 is 1.10 bits per heavy atom. The van der Waals surface area contributed by atoms with Crippen LogP contribution in [0.25, 0.3) is 0 Å². The third kappa shape index (κ3) is 5.35. The summed E-state index contributed by atoms with van der Waals surface area (Å²) in [5, 5.41) is 6.94. The summed E-state index contributed by atoms with van der Waals surface area (Å²) in [4.78, 5) is 8.63. The summed E-state index contributed by atoms with van der Waals surface area (Å²) in [6, 6.07) is 2.61. The molecule has 0 bridgehead atoms. The van der Waals surface area contributed by atoms with Crippen molar-refractivity contribution in [3.05, 3.63) is 12.4 Å². The highest BCUT2D eigenvalue weighted by atomic mass is 15.1. The third-order valence-corrected chi connectivity index (χ3v) is 3.90. The number of anilines is 2. The first kappa shape index (κ1) is 15.1. The zero-order valence-electron chi connectivity index (χ0n) is 12.9. The molecule has 1 aliphatic carbocycles. The molecular weight excluding hydrogens is 248 g/mol. The normalized spacial score (nSPS) is 16.9. The number of rotatable bonds is 6. The van der Waals surface area contributed by atoms with E-state index in [-0.39, 0.29) is 0 Å². The fourth-order valence-electron chi connectivity index (χ4n) is 2.65. The van der Waals surface area contributed by atoms with Crippen LogP contribution < -0.4 is 10.6 Å². The summed E-state index contributed by atoms with van der Waals surface area (Å²) in [5.74, 6) is 2.60. The molecule has 0 aromatic carbocycles. The highest BCUT2D eigenvalue weighted by Crippen LogP contribution is 2.20. The Hall–Kier alpha value is -1.32. The Balaban J connectivity index is 1.84. The molecule has 0 amide bonds. The van der Waals surface area contributed by atoms with Crippen LogP contribution in [0.4, 0.5) is 11.6 Å². The zero-order chi connectivity index (χ0) is 14.2. The van der Waals surface area contributed by atoms with Crippen molar-refractivity contribution in [2.45, 2.75) is 64.8 Å². The van der Waals surface area contributed by atoms with Gasteiger partial charge >= 0.3 is 0 Å². The van der Waals surface area contributed by atoms with E-state index in [2.05, 4.69) is 34.4 Å². The summed E-state index contributed by atoms with van der Waals surface area (Å²) >= 11 is 0. The lowest BCUT2D eigenvalue weighted by molar-refractivity contribution is 0.606. The number of aromatic nitrogens is 2. The predicted molar refractivity (Wildman–Crippen MR) is 85.1 cm³/mol.